The summed E-state index contributed by atoms with van der Waals surface area (Å²) in [5.74, 6) is -0.155. The van der Waals surface area contributed by atoms with Crippen molar-refractivity contribution < 1.29 is 19.1 Å². The van der Waals surface area contributed by atoms with Crippen LogP contribution in [0.5, 0.6) is 0 Å². The predicted octanol–water partition coefficient (Wildman–Crippen LogP) is 3.81. The van der Waals surface area contributed by atoms with E-state index in [0.29, 0.717) is 30.9 Å². The quantitative estimate of drug-likeness (QED) is 0.461. The van der Waals surface area contributed by atoms with Gasteiger partial charge in [0.2, 0.25) is 11.7 Å². The van der Waals surface area contributed by atoms with Gasteiger partial charge in [0.15, 0.2) is 6.10 Å². The minimum Gasteiger partial charge on any atom is -0.454 e. The Morgan fingerprint density at radius 2 is 1.88 bits per heavy atom. The van der Waals surface area contributed by atoms with Gasteiger partial charge in [-0.15, -0.1) is 0 Å². The largest absolute Gasteiger partial charge is 0.454 e. The van der Waals surface area contributed by atoms with Crippen molar-refractivity contribution in [1.82, 2.24) is 9.78 Å². The van der Waals surface area contributed by atoms with Crippen molar-refractivity contribution in [3.8, 4) is 0 Å². The van der Waals surface area contributed by atoms with Gasteiger partial charge in [0, 0.05) is 43.4 Å². The van der Waals surface area contributed by atoms with Crippen molar-refractivity contribution in [2.75, 3.05) is 11.4 Å². The number of amides is 1. The summed E-state index contributed by atoms with van der Waals surface area (Å²) < 4.78 is 7.43. The Morgan fingerprint density at radius 1 is 1.16 bits per heavy atom. The van der Waals surface area contributed by atoms with Crippen LogP contribution in [0.25, 0.3) is 0 Å². The molecule has 0 fully saturated rings. The topological polar surface area (TPSA) is 81.5 Å². The summed E-state index contributed by atoms with van der Waals surface area (Å²) in [7, 11) is 0. The molecular formula is C25H33N3O4. The summed E-state index contributed by atoms with van der Waals surface area (Å²) in [5.41, 5.74) is 5.38. The minimum absolute atomic E-state index is 0.00894. The van der Waals surface area contributed by atoms with Gasteiger partial charge >= 0.3 is 5.97 Å². The zero-order chi connectivity index (χ0) is 23.6. The number of Topliss-reactive ketones (excluding diaryl/α,β-unsaturated/α-hetero) is 1. The molecule has 7 heteroatoms. The van der Waals surface area contributed by atoms with Gasteiger partial charge in [-0.05, 0) is 68.9 Å². The van der Waals surface area contributed by atoms with Crippen molar-refractivity contribution in [2.24, 2.45) is 5.92 Å². The second kappa shape index (κ2) is 9.67. The van der Waals surface area contributed by atoms with Crippen LogP contribution in [0.3, 0.4) is 0 Å². The summed E-state index contributed by atoms with van der Waals surface area (Å²) >= 11 is 0. The van der Waals surface area contributed by atoms with Crippen LogP contribution in [0.2, 0.25) is 0 Å². The third-order valence-corrected chi connectivity index (χ3v) is 5.97. The second-order valence-electron chi connectivity index (χ2n) is 8.99. The van der Waals surface area contributed by atoms with E-state index in [4.69, 9.17) is 4.74 Å². The average molecular weight is 440 g/mol. The van der Waals surface area contributed by atoms with Crippen molar-refractivity contribution >= 4 is 23.3 Å². The molecule has 32 heavy (non-hydrogen) atoms. The number of carbonyl (C=O) groups is 3. The van der Waals surface area contributed by atoms with Crippen molar-refractivity contribution in [2.45, 2.75) is 73.5 Å². The third kappa shape index (κ3) is 5.09. The highest BCUT2D eigenvalue weighted by atomic mass is 16.5. The van der Waals surface area contributed by atoms with Crippen LogP contribution in [0.15, 0.2) is 18.2 Å². The Kier molecular flexibility index (Phi) is 7.16. The van der Waals surface area contributed by atoms with Crippen molar-refractivity contribution in [3.63, 3.8) is 0 Å². The molecule has 1 unspecified atom stereocenters. The fourth-order valence-corrected chi connectivity index (χ4v) is 4.27. The molecule has 1 atom stereocenters. The number of fused-ring (bicyclic) bond motifs is 1. The number of ether oxygens (including phenoxy) is 1. The first kappa shape index (κ1) is 23.7. The van der Waals surface area contributed by atoms with Gasteiger partial charge in [0.05, 0.1) is 5.69 Å². The molecule has 2 aromatic rings. The van der Waals surface area contributed by atoms with E-state index in [1.807, 2.05) is 18.5 Å². The summed E-state index contributed by atoms with van der Waals surface area (Å²) in [6.45, 7) is 12.9. The van der Waals surface area contributed by atoms with E-state index in [1.165, 1.54) is 6.92 Å². The number of ketones is 1. The second-order valence-corrected chi connectivity index (χ2v) is 8.99. The van der Waals surface area contributed by atoms with Crippen molar-refractivity contribution in [3.05, 3.63) is 46.3 Å². The fraction of sp³-hybridized carbons (Fsp3) is 0.520. The molecule has 0 aliphatic carbocycles. The maximum atomic E-state index is 12.8. The van der Waals surface area contributed by atoms with Crippen LogP contribution < -0.4 is 4.90 Å². The molecular weight excluding hydrogens is 406 g/mol. The van der Waals surface area contributed by atoms with Gasteiger partial charge in [-0.1, -0.05) is 13.8 Å². The van der Waals surface area contributed by atoms with Crippen LogP contribution >= 0.6 is 0 Å². The SMILES string of the molecule is CC(=O)N1CCc2cc(C(=O)C(C)OC(=O)CCc3c(C)nn(CC(C)C)c3C)ccc21. The summed E-state index contributed by atoms with van der Waals surface area (Å²) in [6.07, 6.45) is 0.587. The lowest BCUT2D eigenvalue weighted by Crippen LogP contribution is -2.26. The van der Waals surface area contributed by atoms with E-state index in [-0.39, 0.29) is 18.1 Å². The molecule has 0 N–H and O–H groups in total. The molecule has 3 rings (SSSR count). The number of hydrogen-bond acceptors (Lipinski definition) is 5. The lowest BCUT2D eigenvalue weighted by molar-refractivity contribution is -0.146. The zero-order valence-corrected chi connectivity index (χ0v) is 19.9. The number of anilines is 1. The molecule has 7 nitrogen and oxygen atoms in total. The van der Waals surface area contributed by atoms with Crippen LogP contribution in [0.1, 0.15) is 67.0 Å². The van der Waals surface area contributed by atoms with Gasteiger partial charge in [0.25, 0.3) is 0 Å². The molecule has 1 amide bonds. The molecule has 0 saturated carbocycles. The van der Waals surface area contributed by atoms with Gasteiger partial charge < -0.3 is 9.64 Å². The van der Waals surface area contributed by atoms with E-state index < -0.39 is 12.1 Å². The molecule has 1 aliphatic heterocycles. The number of benzene rings is 1. The number of aromatic nitrogens is 2. The molecule has 1 aliphatic rings. The molecule has 0 radical (unpaired) electrons. The number of aryl methyl sites for hydroxylation is 1. The molecule has 0 bridgehead atoms. The van der Waals surface area contributed by atoms with E-state index in [1.54, 1.807) is 30.0 Å². The Morgan fingerprint density at radius 3 is 2.53 bits per heavy atom. The first-order valence-electron chi connectivity index (χ1n) is 11.3. The molecule has 0 spiro atoms. The smallest absolute Gasteiger partial charge is 0.306 e. The summed E-state index contributed by atoms with van der Waals surface area (Å²) in [5, 5.41) is 4.59. The highest BCUT2D eigenvalue weighted by molar-refractivity contribution is 6.01. The van der Waals surface area contributed by atoms with Gasteiger partial charge in [-0.25, -0.2) is 0 Å². The van der Waals surface area contributed by atoms with E-state index in [9.17, 15) is 14.4 Å². The highest BCUT2D eigenvalue weighted by Gasteiger charge is 2.25. The summed E-state index contributed by atoms with van der Waals surface area (Å²) in [6, 6.07) is 5.30. The van der Waals surface area contributed by atoms with E-state index in [2.05, 4.69) is 18.9 Å². The van der Waals surface area contributed by atoms with E-state index in [0.717, 1.165) is 34.7 Å². The molecule has 172 valence electrons. The van der Waals surface area contributed by atoms with Gasteiger partial charge in [-0.3, -0.25) is 19.1 Å². The number of rotatable bonds is 8. The van der Waals surface area contributed by atoms with Crippen LogP contribution in [0, 0.1) is 19.8 Å². The molecule has 1 aromatic heterocycles. The third-order valence-electron chi connectivity index (χ3n) is 5.97. The van der Waals surface area contributed by atoms with Crippen LogP contribution in [-0.4, -0.2) is 40.1 Å². The maximum Gasteiger partial charge on any atom is 0.306 e. The lowest BCUT2D eigenvalue weighted by Gasteiger charge is -2.16. The number of carbonyl (C=O) groups excluding carboxylic acids is 3. The lowest BCUT2D eigenvalue weighted by atomic mass is 10.0. The first-order chi connectivity index (χ1) is 15.1. The minimum atomic E-state index is -0.864. The maximum absolute atomic E-state index is 12.8. The molecule has 2 heterocycles. The Balaban J connectivity index is 1.59. The first-order valence-corrected chi connectivity index (χ1v) is 11.3. The number of hydrogen-bond donors (Lipinski definition) is 0. The van der Waals surface area contributed by atoms with Gasteiger partial charge in [-0.2, -0.15) is 5.10 Å². The number of esters is 1. The summed E-state index contributed by atoms with van der Waals surface area (Å²) in [4.78, 5) is 38.7. The predicted molar refractivity (Wildman–Crippen MR) is 123 cm³/mol. The standard InChI is InChI=1S/C25H33N3O4/c1-15(2)14-28-17(4)22(16(3)26-28)8-10-24(30)32-18(5)25(31)21-7-9-23-20(13-21)11-12-27(23)19(6)29/h7,9,13,15,18H,8,10-12,14H2,1-6H3. The van der Waals surface area contributed by atoms with Crippen molar-refractivity contribution in [1.29, 1.82) is 0 Å². The highest BCUT2D eigenvalue weighted by Crippen LogP contribution is 2.29. The monoisotopic (exact) mass is 439 g/mol. The normalized spacial score (nSPS) is 13.9. The number of nitrogens with zero attached hydrogens (tertiary/aromatic N) is 3. The Labute approximate surface area is 189 Å². The zero-order valence-electron chi connectivity index (χ0n) is 19.9. The fourth-order valence-electron chi connectivity index (χ4n) is 4.27. The Bertz CT molecular complexity index is 1040. The van der Waals surface area contributed by atoms with Crippen LogP contribution in [-0.2, 0) is 33.7 Å². The Hall–Kier alpha value is -2.96. The molecule has 0 saturated heterocycles. The molecule has 1 aromatic carbocycles. The van der Waals surface area contributed by atoms with Crippen LogP contribution in [0.4, 0.5) is 5.69 Å². The van der Waals surface area contributed by atoms with Gasteiger partial charge in [0.1, 0.15) is 0 Å². The van der Waals surface area contributed by atoms with E-state index >= 15 is 0 Å². The average Bonchev–Trinajstić information content (AvgIpc) is 3.26.